The summed E-state index contributed by atoms with van der Waals surface area (Å²) in [4.78, 5) is 14.2. The van der Waals surface area contributed by atoms with Crippen molar-refractivity contribution in [2.24, 2.45) is 5.92 Å². The molecule has 17 heavy (non-hydrogen) atoms. The Morgan fingerprint density at radius 2 is 1.47 bits per heavy atom. The van der Waals surface area contributed by atoms with Crippen LogP contribution in [-0.2, 0) is 4.79 Å². The Bertz CT molecular complexity index is 241. The Labute approximate surface area is 105 Å². The maximum absolute atomic E-state index is 12.3. The summed E-state index contributed by atoms with van der Waals surface area (Å²) in [5, 5.41) is 0. The highest BCUT2D eigenvalue weighted by Crippen LogP contribution is 2.27. The van der Waals surface area contributed by atoms with Crippen LogP contribution in [0, 0.1) is 5.92 Å². The molecule has 3 heteroatoms. The molecule has 1 saturated heterocycles. The average Bonchev–Trinajstić information content (AvgIpc) is 2.67. The molecule has 1 saturated carbocycles. The third kappa shape index (κ3) is 3.44. The first kappa shape index (κ1) is 12.9. The van der Waals surface area contributed by atoms with Gasteiger partial charge < -0.3 is 4.90 Å². The number of carbonyl (C=O) groups excluding carboxylic acids is 1. The van der Waals surface area contributed by atoms with E-state index in [9.17, 15) is 4.79 Å². The second-order valence-electron chi connectivity index (χ2n) is 5.62. The summed E-state index contributed by atoms with van der Waals surface area (Å²) in [5.74, 6) is 0.443. The smallest absolute Gasteiger partial charge is 0.241 e. The lowest BCUT2D eigenvalue weighted by Gasteiger charge is -2.30. The normalized spacial score (nSPS) is 25.4. The van der Waals surface area contributed by atoms with E-state index in [-0.39, 0.29) is 5.91 Å². The number of nitrogens with zero attached hydrogens (tertiary/aromatic N) is 1. The van der Waals surface area contributed by atoms with Gasteiger partial charge in [0.05, 0.1) is 0 Å². The molecule has 1 unspecified atom stereocenters. The van der Waals surface area contributed by atoms with Crippen LogP contribution in [0.1, 0.15) is 57.8 Å². The van der Waals surface area contributed by atoms with Crippen molar-refractivity contribution in [3.05, 3.63) is 0 Å². The van der Waals surface area contributed by atoms with Gasteiger partial charge in [-0.3, -0.25) is 4.79 Å². The SMILES string of the molecule is [NH]C(C(=O)N1CCCCCC1)C1CCCCC1. The first-order valence-electron chi connectivity index (χ1n) is 7.29. The minimum Gasteiger partial charge on any atom is -0.341 e. The zero-order valence-corrected chi connectivity index (χ0v) is 10.8. The number of carbonyl (C=O) groups is 1. The van der Waals surface area contributed by atoms with Gasteiger partial charge in [-0.1, -0.05) is 32.1 Å². The number of hydrogen-bond donors (Lipinski definition) is 0. The summed E-state index contributed by atoms with van der Waals surface area (Å²) in [6.45, 7) is 1.78. The molecule has 0 bridgehead atoms. The second kappa shape index (κ2) is 6.39. The minimum absolute atomic E-state index is 0.110. The predicted octanol–water partition coefficient (Wildman–Crippen LogP) is 2.62. The van der Waals surface area contributed by atoms with Crippen LogP contribution in [0.4, 0.5) is 0 Å². The molecule has 1 atom stereocenters. The Kier molecular flexibility index (Phi) is 4.84. The highest BCUT2D eigenvalue weighted by molar-refractivity contribution is 5.81. The minimum atomic E-state index is -0.478. The summed E-state index contributed by atoms with van der Waals surface area (Å²) >= 11 is 0. The molecule has 1 aliphatic carbocycles. The highest BCUT2D eigenvalue weighted by atomic mass is 16.2. The van der Waals surface area contributed by atoms with Gasteiger partial charge in [0.1, 0.15) is 6.04 Å². The molecular weight excluding hydrogens is 212 g/mol. The lowest BCUT2D eigenvalue weighted by atomic mass is 9.84. The number of hydrogen-bond acceptors (Lipinski definition) is 1. The average molecular weight is 237 g/mol. The van der Waals surface area contributed by atoms with Crippen molar-refractivity contribution in [1.82, 2.24) is 10.6 Å². The number of amides is 1. The number of rotatable bonds is 2. The summed E-state index contributed by atoms with van der Waals surface area (Å²) in [5.41, 5.74) is 8.19. The van der Waals surface area contributed by atoms with Crippen LogP contribution in [0.25, 0.3) is 0 Å². The fourth-order valence-corrected chi connectivity index (χ4v) is 3.16. The van der Waals surface area contributed by atoms with Crippen LogP contribution in [-0.4, -0.2) is 29.9 Å². The van der Waals surface area contributed by atoms with Crippen molar-refractivity contribution in [2.45, 2.75) is 63.8 Å². The Hall–Kier alpha value is -0.570. The van der Waals surface area contributed by atoms with Crippen molar-refractivity contribution >= 4 is 5.91 Å². The van der Waals surface area contributed by atoms with Crippen LogP contribution < -0.4 is 5.73 Å². The van der Waals surface area contributed by atoms with E-state index in [1.807, 2.05) is 4.90 Å². The molecule has 0 aromatic rings. The van der Waals surface area contributed by atoms with E-state index >= 15 is 0 Å². The maximum Gasteiger partial charge on any atom is 0.241 e. The lowest BCUT2D eigenvalue weighted by Crippen LogP contribution is -2.44. The van der Waals surface area contributed by atoms with Crippen molar-refractivity contribution in [1.29, 1.82) is 0 Å². The second-order valence-corrected chi connectivity index (χ2v) is 5.62. The van der Waals surface area contributed by atoms with E-state index in [0.29, 0.717) is 5.92 Å². The maximum atomic E-state index is 12.3. The first-order valence-corrected chi connectivity index (χ1v) is 7.29. The first-order chi connectivity index (χ1) is 8.29. The fraction of sp³-hybridized carbons (Fsp3) is 0.929. The third-order valence-corrected chi connectivity index (χ3v) is 4.31. The van der Waals surface area contributed by atoms with Crippen LogP contribution >= 0.6 is 0 Å². The number of nitrogens with one attached hydrogen (secondary N) is 1. The van der Waals surface area contributed by atoms with Crippen molar-refractivity contribution < 1.29 is 4.79 Å². The van der Waals surface area contributed by atoms with Gasteiger partial charge in [-0.05, 0) is 31.6 Å². The molecule has 1 radical (unpaired) electrons. The molecule has 1 heterocycles. The quantitative estimate of drug-likeness (QED) is 0.728. The van der Waals surface area contributed by atoms with Gasteiger partial charge in [-0.2, -0.15) is 0 Å². The summed E-state index contributed by atoms with van der Waals surface area (Å²) in [7, 11) is 0. The Balaban J connectivity index is 1.88. The molecule has 2 fully saturated rings. The van der Waals surface area contributed by atoms with E-state index in [2.05, 4.69) is 0 Å². The molecule has 0 aromatic carbocycles. The van der Waals surface area contributed by atoms with Crippen molar-refractivity contribution in [2.75, 3.05) is 13.1 Å². The van der Waals surface area contributed by atoms with E-state index in [1.165, 1.54) is 32.1 Å². The number of likely N-dealkylation sites (tertiary alicyclic amines) is 1. The Morgan fingerprint density at radius 1 is 0.941 bits per heavy atom. The van der Waals surface area contributed by atoms with Gasteiger partial charge >= 0.3 is 0 Å². The topological polar surface area (TPSA) is 44.1 Å². The van der Waals surface area contributed by atoms with E-state index < -0.39 is 6.04 Å². The largest absolute Gasteiger partial charge is 0.341 e. The van der Waals surface area contributed by atoms with E-state index in [0.717, 1.165) is 38.8 Å². The molecule has 2 aliphatic rings. The van der Waals surface area contributed by atoms with Gasteiger partial charge in [0.15, 0.2) is 0 Å². The molecule has 0 spiro atoms. The van der Waals surface area contributed by atoms with Crippen molar-refractivity contribution in [3.8, 4) is 0 Å². The molecule has 1 amide bonds. The molecule has 3 nitrogen and oxygen atoms in total. The van der Waals surface area contributed by atoms with Gasteiger partial charge in [-0.25, -0.2) is 5.73 Å². The highest BCUT2D eigenvalue weighted by Gasteiger charge is 2.30. The van der Waals surface area contributed by atoms with Gasteiger partial charge in [0.25, 0.3) is 0 Å². The third-order valence-electron chi connectivity index (χ3n) is 4.31. The fourth-order valence-electron chi connectivity index (χ4n) is 3.16. The summed E-state index contributed by atoms with van der Waals surface area (Å²) < 4.78 is 0. The predicted molar refractivity (Wildman–Crippen MR) is 68.5 cm³/mol. The zero-order valence-electron chi connectivity index (χ0n) is 10.8. The zero-order chi connectivity index (χ0) is 12.1. The van der Waals surface area contributed by atoms with Crippen LogP contribution in [0.5, 0.6) is 0 Å². The molecular formula is C14H25N2O. The molecule has 2 rings (SSSR count). The van der Waals surface area contributed by atoms with Gasteiger partial charge in [0.2, 0.25) is 5.91 Å². The van der Waals surface area contributed by atoms with Gasteiger partial charge in [0, 0.05) is 13.1 Å². The molecule has 0 aromatic heterocycles. The van der Waals surface area contributed by atoms with Crippen LogP contribution in [0.3, 0.4) is 0 Å². The van der Waals surface area contributed by atoms with Crippen LogP contribution in [0.15, 0.2) is 0 Å². The standard InChI is InChI=1S/C14H25N2O/c15-13(12-8-4-3-5-9-12)14(17)16-10-6-1-2-7-11-16/h12-13,15H,1-11H2. The van der Waals surface area contributed by atoms with Gasteiger partial charge in [-0.15, -0.1) is 0 Å². The van der Waals surface area contributed by atoms with Crippen LogP contribution in [0.2, 0.25) is 0 Å². The Morgan fingerprint density at radius 3 is 2.06 bits per heavy atom. The molecule has 97 valence electrons. The summed E-state index contributed by atoms with van der Waals surface area (Å²) in [6, 6.07) is -0.478. The van der Waals surface area contributed by atoms with E-state index in [1.54, 1.807) is 0 Å². The lowest BCUT2D eigenvalue weighted by molar-refractivity contribution is -0.134. The van der Waals surface area contributed by atoms with Crippen molar-refractivity contribution in [3.63, 3.8) is 0 Å². The molecule has 1 aliphatic heterocycles. The monoisotopic (exact) mass is 237 g/mol. The summed E-state index contributed by atoms with van der Waals surface area (Å²) in [6.07, 6.45) is 10.7. The van der Waals surface area contributed by atoms with E-state index in [4.69, 9.17) is 5.73 Å². The molecule has 1 N–H and O–H groups in total.